The molecule has 0 bridgehead atoms. The summed E-state index contributed by atoms with van der Waals surface area (Å²) in [6.45, 7) is 6.02. The van der Waals surface area contributed by atoms with E-state index in [0.29, 0.717) is 12.4 Å². The lowest BCUT2D eigenvalue weighted by atomic mass is 10.2. The van der Waals surface area contributed by atoms with E-state index in [9.17, 15) is 4.79 Å². The molecule has 2 rings (SSSR count). The Bertz CT molecular complexity index is 367. The molecule has 4 nitrogen and oxygen atoms in total. The van der Waals surface area contributed by atoms with E-state index >= 15 is 0 Å². The van der Waals surface area contributed by atoms with Crippen molar-refractivity contribution in [1.29, 1.82) is 0 Å². The Hall–Kier alpha value is -1.32. The molecular formula is C9H13N3O. The maximum atomic E-state index is 11.2. The number of aromatic nitrogens is 2. The van der Waals surface area contributed by atoms with Gasteiger partial charge in [0, 0.05) is 18.2 Å². The van der Waals surface area contributed by atoms with E-state index in [2.05, 4.69) is 14.9 Å². The monoisotopic (exact) mass is 179 g/mol. The maximum absolute atomic E-state index is 11.2. The molecule has 13 heavy (non-hydrogen) atoms. The van der Waals surface area contributed by atoms with Crippen LogP contribution in [0.3, 0.4) is 0 Å². The first-order valence-electron chi connectivity index (χ1n) is 4.45. The lowest BCUT2D eigenvalue weighted by Gasteiger charge is -2.22. The van der Waals surface area contributed by atoms with Crippen LogP contribution in [0.25, 0.3) is 0 Å². The summed E-state index contributed by atoms with van der Waals surface area (Å²) in [6, 6.07) is 0.227. The van der Waals surface area contributed by atoms with Crippen molar-refractivity contribution in [2.75, 3.05) is 5.32 Å². The van der Waals surface area contributed by atoms with E-state index in [-0.39, 0.29) is 11.9 Å². The molecule has 1 atom stereocenters. The van der Waals surface area contributed by atoms with Crippen molar-refractivity contribution >= 4 is 11.9 Å². The van der Waals surface area contributed by atoms with Crippen LogP contribution in [0.2, 0.25) is 0 Å². The molecule has 1 aromatic rings. The summed E-state index contributed by atoms with van der Waals surface area (Å²) in [5, 5.41) is 2.76. The second-order valence-corrected chi connectivity index (χ2v) is 3.58. The van der Waals surface area contributed by atoms with E-state index < -0.39 is 0 Å². The molecule has 0 radical (unpaired) electrons. The van der Waals surface area contributed by atoms with Crippen LogP contribution in [-0.4, -0.2) is 15.5 Å². The van der Waals surface area contributed by atoms with Crippen LogP contribution in [0.1, 0.15) is 30.8 Å². The molecule has 1 aromatic heterocycles. The zero-order valence-electron chi connectivity index (χ0n) is 8.09. The van der Waals surface area contributed by atoms with Crippen LogP contribution in [-0.2, 0) is 4.79 Å². The number of fused-ring (bicyclic) bond motifs is 1. The number of carbonyl (C=O) groups is 1. The number of nitrogens with zero attached hydrogens (tertiary/aromatic N) is 2. The molecule has 0 saturated heterocycles. The molecule has 0 fully saturated rings. The Kier molecular flexibility index (Phi) is 1.65. The van der Waals surface area contributed by atoms with Gasteiger partial charge in [-0.05, 0) is 20.8 Å². The summed E-state index contributed by atoms with van der Waals surface area (Å²) in [6.07, 6.45) is 0.545. The van der Waals surface area contributed by atoms with E-state index in [1.807, 2.05) is 20.8 Å². The predicted molar refractivity (Wildman–Crippen MR) is 49.7 cm³/mol. The van der Waals surface area contributed by atoms with Gasteiger partial charge in [0.15, 0.2) is 0 Å². The summed E-state index contributed by atoms with van der Waals surface area (Å²) in [7, 11) is 0. The van der Waals surface area contributed by atoms with Crippen molar-refractivity contribution in [3.8, 4) is 0 Å². The van der Waals surface area contributed by atoms with Crippen molar-refractivity contribution in [3.63, 3.8) is 0 Å². The first kappa shape index (κ1) is 8.29. The first-order valence-corrected chi connectivity index (χ1v) is 4.45. The highest BCUT2D eigenvalue weighted by molar-refractivity contribution is 5.90. The average Bonchev–Trinajstić information content (AvgIpc) is 2.27. The molecule has 1 aliphatic rings. The molecule has 0 aromatic carbocycles. The van der Waals surface area contributed by atoms with Gasteiger partial charge in [-0.1, -0.05) is 0 Å². The van der Waals surface area contributed by atoms with Crippen LogP contribution >= 0.6 is 0 Å². The molecule has 1 N–H and O–H groups in total. The Balaban J connectivity index is 2.55. The van der Waals surface area contributed by atoms with Gasteiger partial charge >= 0.3 is 0 Å². The summed E-state index contributed by atoms with van der Waals surface area (Å²) >= 11 is 0. The van der Waals surface area contributed by atoms with Crippen molar-refractivity contribution in [1.82, 2.24) is 9.55 Å². The summed E-state index contributed by atoms with van der Waals surface area (Å²) < 4.78 is 2.08. The standard InChI is InChI=1S/C9H13N3O/c1-5-4-8(13)11-9-10-6(2)7(3)12(5)9/h5H,4H2,1-3H3,(H,10,11,13). The average molecular weight is 179 g/mol. The van der Waals surface area contributed by atoms with Crippen LogP contribution in [0, 0.1) is 13.8 Å². The molecule has 70 valence electrons. The SMILES string of the molecule is Cc1nc2n(c1C)C(C)CC(=O)N2. The van der Waals surface area contributed by atoms with E-state index in [1.165, 1.54) is 0 Å². The van der Waals surface area contributed by atoms with Gasteiger partial charge in [0.25, 0.3) is 0 Å². The third-order valence-corrected chi connectivity index (χ3v) is 2.56. The first-order chi connectivity index (χ1) is 6.09. The van der Waals surface area contributed by atoms with Gasteiger partial charge < -0.3 is 4.57 Å². The summed E-state index contributed by atoms with van der Waals surface area (Å²) in [5.74, 6) is 0.753. The molecular weight excluding hydrogens is 166 g/mol. The second-order valence-electron chi connectivity index (χ2n) is 3.58. The smallest absolute Gasteiger partial charge is 0.228 e. The lowest BCUT2D eigenvalue weighted by Crippen LogP contribution is -2.26. The lowest BCUT2D eigenvalue weighted by molar-refractivity contribution is -0.117. The maximum Gasteiger partial charge on any atom is 0.228 e. The molecule has 0 saturated carbocycles. The van der Waals surface area contributed by atoms with Crippen molar-refractivity contribution in [3.05, 3.63) is 11.4 Å². The Morgan fingerprint density at radius 3 is 2.92 bits per heavy atom. The number of nitrogens with one attached hydrogen (secondary N) is 1. The van der Waals surface area contributed by atoms with Crippen molar-refractivity contribution in [2.24, 2.45) is 0 Å². The largest absolute Gasteiger partial charge is 0.311 e. The minimum absolute atomic E-state index is 0.0602. The molecule has 0 aliphatic carbocycles. The molecule has 4 heteroatoms. The van der Waals surface area contributed by atoms with Gasteiger partial charge in [0.1, 0.15) is 0 Å². The number of carbonyl (C=O) groups excluding carboxylic acids is 1. The third kappa shape index (κ3) is 1.13. The number of amides is 1. The van der Waals surface area contributed by atoms with Gasteiger partial charge in [0.2, 0.25) is 11.9 Å². The zero-order valence-corrected chi connectivity index (χ0v) is 8.09. The fraction of sp³-hybridized carbons (Fsp3) is 0.556. The summed E-state index contributed by atoms with van der Waals surface area (Å²) in [5.41, 5.74) is 2.13. The molecule has 1 aliphatic heterocycles. The van der Waals surface area contributed by atoms with E-state index in [4.69, 9.17) is 0 Å². The second kappa shape index (κ2) is 2.58. The minimum atomic E-state index is 0.0602. The molecule has 0 spiro atoms. The van der Waals surface area contributed by atoms with Crippen LogP contribution < -0.4 is 5.32 Å². The topological polar surface area (TPSA) is 46.9 Å². The highest BCUT2D eigenvalue weighted by Gasteiger charge is 2.24. The van der Waals surface area contributed by atoms with Gasteiger partial charge in [-0.2, -0.15) is 0 Å². The zero-order chi connectivity index (χ0) is 9.59. The Morgan fingerprint density at radius 2 is 2.23 bits per heavy atom. The Labute approximate surface area is 77.0 Å². The Morgan fingerprint density at radius 1 is 1.54 bits per heavy atom. The number of hydrogen-bond donors (Lipinski definition) is 1. The van der Waals surface area contributed by atoms with Crippen molar-refractivity contribution in [2.45, 2.75) is 33.2 Å². The molecule has 1 amide bonds. The number of aryl methyl sites for hydroxylation is 1. The van der Waals surface area contributed by atoms with Gasteiger partial charge in [-0.15, -0.1) is 0 Å². The van der Waals surface area contributed by atoms with Crippen molar-refractivity contribution < 1.29 is 4.79 Å². The normalized spacial score (nSPS) is 21.2. The van der Waals surface area contributed by atoms with Gasteiger partial charge in [0.05, 0.1) is 5.69 Å². The minimum Gasteiger partial charge on any atom is -0.311 e. The highest BCUT2D eigenvalue weighted by atomic mass is 16.1. The van der Waals surface area contributed by atoms with E-state index in [1.54, 1.807) is 0 Å². The number of imidazole rings is 1. The fourth-order valence-corrected chi connectivity index (χ4v) is 1.79. The van der Waals surface area contributed by atoms with Crippen LogP contribution in [0.4, 0.5) is 5.95 Å². The quantitative estimate of drug-likeness (QED) is 0.654. The number of hydrogen-bond acceptors (Lipinski definition) is 2. The fourth-order valence-electron chi connectivity index (χ4n) is 1.79. The van der Waals surface area contributed by atoms with Gasteiger partial charge in [-0.3, -0.25) is 10.1 Å². The van der Waals surface area contributed by atoms with Gasteiger partial charge in [-0.25, -0.2) is 4.98 Å². The predicted octanol–water partition coefficient (Wildman–Crippen LogP) is 1.40. The summed E-state index contributed by atoms with van der Waals surface area (Å²) in [4.78, 5) is 15.5. The van der Waals surface area contributed by atoms with E-state index in [0.717, 1.165) is 11.4 Å². The highest BCUT2D eigenvalue weighted by Crippen LogP contribution is 2.26. The molecule has 2 heterocycles. The third-order valence-electron chi connectivity index (χ3n) is 2.56. The van der Waals surface area contributed by atoms with Crippen LogP contribution in [0.5, 0.6) is 0 Å². The number of rotatable bonds is 0. The number of anilines is 1. The van der Waals surface area contributed by atoms with Crippen LogP contribution in [0.15, 0.2) is 0 Å². The molecule has 1 unspecified atom stereocenters.